The summed E-state index contributed by atoms with van der Waals surface area (Å²) in [5, 5.41) is 3.24. The summed E-state index contributed by atoms with van der Waals surface area (Å²) < 4.78 is 5.49. The molecule has 1 heterocycles. The minimum Gasteiger partial charge on any atom is -0.494 e. The number of amides is 2. The lowest BCUT2D eigenvalue weighted by Crippen LogP contribution is -2.33. The van der Waals surface area contributed by atoms with Crippen LogP contribution in [0.5, 0.6) is 5.75 Å². The third-order valence-electron chi connectivity index (χ3n) is 4.72. The largest absolute Gasteiger partial charge is 0.494 e. The molecule has 0 atom stereocenters. The Labute approximate surface area is 166 Å². The third-order valence-corrected chi connectivity index (χ3v) is 4.72. The molecule has 0 spiro atoms. The summed E-state index contributed by atoms with van der Waals surface area (Å²) in [5.74, 6) is 0.193. The molecule has 0 fully saturated rings. The number of nitrogens with zero attached hydrogens (tertiary/aromatic N) is 1. The number of rotatable bonds is 7. The maximum atomic E-state index is 13.0. The van der Waals surface area contributed by atoms with E-state index in [4.69, 9.17) is 4.74 Å². The summed E-state index contributed by atoms with van der Waals surface area (Å²) >= 11 is 0. The zero-order valence-corrected chi connectivity index (χ0v) is 16.8. The van der Waals surface area contributed by atoms with Crippen molar-refractivity contribution in [1.82, 2.24) is 4.90 Å². The molecular weight excluding hydrogens is 352 g/mol. The Kier molecular flexibility index (Phi) is 5.83. The van der Waals surface area contributed by atoms with E-state index in [-0.39, 0.29) is 11.8 Å². The van der Waals surface area contributed by atoms with Crippen molar-refractivity contribution in [2.45, 2.75) is 34.1 Å². The molecule has 2 aromatic rings. The Morgan fingerprint density at radius 2 is 1.68 bits per heavy atom. The molecule has 1 N–H and O–H groups in total. The van der Waals surface area contributed by atoms with Gasteiger partial charge in [0.15, 0.2) is 0 Å². The molecule has 0 saturated heterocycles. The highest BCUT2D eigenvalue weighted by atomic mass is 16.5. The van der Waals surface area contributed by atoms with Crippen molar-refractivity contribution in [2.24, 2.45) is 0 Å². The number of anilines is 1. The number of hydrogen-bond donors (Lipinski definition) is 1. The maximum absolute atomic E-state index is 13.0. The molecule has 0 bridgehead atoms. The summed E-state index contributed by atoms with van der Waals surface area (Å²) in [4.78, 5) is 27.4. The van der Waals surface area contributed by atoms with Crippen LogP contribution in [0.2, 0.25) is 0 Å². The van der Waals surface area contributed by atoms with Gasteiger partial charge < -0.3 is 10.1 Å². The van der Waals surface area contributed by atoms with E-state index >= 15 is 0 Å². The number of benzene rings is 2. The van der Waals surface area contributed by atoms with E-state index in [0.717, 1.165) is 22.6 Å². The number of aryl methyl sites for hydroxylation is 2. The normalized spacial score (nSPS) is 14.1. The molecule has 0 aliphatic carbocycles. The second kappa shape index (κ2) is 8.30. The van der Waals surface area contributed by atoms with Crippen LogP contribution in [0.15, 0.2) is 48.2 Å². The average molecular weight is 378 g/mol. The number of nitrogens with one attached hydrogen (secondary N) is 1. The minimum absolute atomic E-state index is 0.260. The second-order valence-corrected chi connectivity index (χ2v) is 6.91. The first-order chi connectivity index (χ1) is 13.5. The SMILES string of the molecule is CCCN1C(=O)C(Nc2cc(C)ccc2C)=C(c2ccc(OCC)cc2)C1=O. The Morgan fingerprint density at radius 3 is 2.32 bits per heavy atom. The number of hydrogen-bond acceptors (Lipinski definition) is 4. The molecule has 1 aliphatic heterocycles. The molecule has 2 amide bonds. The Morgan fingerprint density at radius 1 is 0.964 bits per heavy atom. The Hall–Kier alpha value is -3.08. The highest BCUT2D eigenvalue weighted by Gasteiger charge is 2.38. The van der Waals surface area contributed by atoms with Crippen LogP contribution in [0, 0.1) is 13.8 Å². The van der Waals surface area contributed by atoms with Crippen molar-refractivity contribution in [1.29, 1.82) is 0 Å². The van der Waals surface area contributed by atoms with Gasteiger partial charge in [-0.1, -0.05) is 31.2 Å². The fourth-order valence-electron chi connectivity index (χ4n) is 3.28. The summed E-state index contributed by atoms with van der Waals surface area (Å²) in [5.41, 5.74) is 4.36. The maximum Gasteiger partial charge on any atom is 0.278 e. The lowest BCUT2D eigenvalue weighted by atomic mass is 10.0. The van der Waals surface area contributed by atoms with E-state index in [1.165, 1.54) is 4.90 Å². The molecule has 0 unspecified atom stereocenters. The molecule has 0 radical (unpaired) electrons. The van der Waals surface area contributed by atoms with Gasteiger partial charge in [-0.25, -0.2) is 0 Å². The molecule has 5 heteroatoms. The highest BCUT2D eigenvalue weighted by molar-refractivity contribution is 6.36. The summed E-state index contributed by atoms with van der Waals surface area (Å²) in [7, 11) is 0. The minimum atomic E-state index is -0.281. The fourth-order valence-corrected chi connectivity index (χ4v) is 3.28. The number of ether oxygens (including phenoxy) is 1. The van der Waals surface area contributed by atoms with Crippen molar-refractivity contribution < 1.29 is 14.3 Å². The predicted molar refractivity (Wildman–Crippen MR) is 111 cm³/mol. The van der Waals surface area contributed by atoms with Crippen molar-refractivity contribution >= 4 is 23.1 Å². The molecular formula is C23H26N2O3. The van der Waals surface area contributed by atoms with Gasteiger partial charge in [0, 0.05) is 12.2 Å². The highest BCUT2D eigenvalue weighted by Crippen LogP contribution is 2.32. The van der Waals surface area contributed by atoms with Crippen molar-refractivity contribution in [3.8, 4) is 5.75 Å². The van der Waals surface area contributed by atoms with Crippen LogP contribution in [0.3, 0.4) is 0 Å². The molecule has 2 aromatic carbocycles. The predicted octanol–water partition coefficient (Wildman–Crippen LogP) is 4.30. The molecule has 1 aliphatic rings. The van der Waals surface area contributed by atoms with Gasteiger partial charge in [-0.2, -0.15) is 0 Å². The van der Waals surface area contributed by atoms with Crippen LogP contribution >= 0.6 is 0 Å². The molecule has 3 rings (SSSR count). The quantitative estimate of drug-likeness (QED) is 0.730. The molecule has 146 valence electrons. The zero-order valence-electron chi connectivity index (χ0n) is 16.8. The van der Waals surface area contributed by atoms with E-state index < -0.39 is 0 Å². The van der Waals surface area contributed by atoms with Crippen LogP contribution in [0.1, 0.15) is 37.0 Å². The number of imide groups is 1. The summed E-state index contributed by atoms with van der Waals surface area (Å²) in [6.45, 7) is 8.82. The molecule has 5 nitrogen and oxygen atoms in total. The van der Waals surface area contributed by atoms with Crippen LogP contribution in [-0.2, 0) is 9.59 Å². The Balaban J connectivity index is 2.06. The van der Waals surface area contributed by atoms with E-state index in [1.807, 2.05) is 70.2 Å². The van der Waals surface area contributed by atoms with Gasteiger partial charge in [-0.3, -0.25) is 14.5 Å². The van der Waals surface area contributed by atoms with Crippen molar-refractivity contribution in [3.05, 3.63) is 64.9 Å². The van der Waals surface area contributed by atoms with Crippen LogP contribution in [-0.4, -0.2) is 29.9 Å². The van der Waals surface area contributed by atoms with Crippen LogP contribution in [0.25, 0.3) is 5.57 Å². The molecule has 0 aromatic heterocycles. The Bertz CT molecular complexity index is 929. The summed E-state index contributed by atoms with van der Waals surface area (Å²) in [6, 6.07) is 13.3. The monoisotopic (exact) mass is 378 g/mol. The molecule has 28 heavy (non-hydrogen) atoms. The third kappa shape index (κ3) is 3.79. The standard InChI is InChI=1S/C23H26N2O3/c1-5-13-25-22(26)20(17-9-11-18(12-10-17)28-6-2)21(23(25)27)24-19-14-15(3)7-8-16(19)4/h7-12,14,24H,5-6,13H2,1-4H3. The number of carbonyl (C=O) groups is 2. The fraction of sp³-hybridized carbons (Fsp3) is 0.304. The zero-order chi connectivity index (χ0) is 20.3. The van der Waals surface area contributed by atoms with Gasteiger partial charge in [-0.05, 0) is 62.1 Å². The van der Waals surface area contributed by atoms with Crippen molar-refractivity contribution in [3.63, 3.8) is 0 Å². The first kappa shape index (κ1) is 19.7. The first-order valence-corrected chi connectivity index (χ1v) is 9.64. The average Bonchev–Trinajstić information content (AvgIpc) is 2.90. The lowest BCUT2D eigenvalue weighted by Gasteiger charge is -2.14. The van der Waals surface area contributed by atoms with Gasteiger partial charge >= 0.3 is 0 Å². The topological polar surface area (TPSA) is 58.6 Å². The van der Waals surface area contributed by atoms with Gasteiger partial charge in [0.1, 0.15) is 11.4 Å². The van der Waals surface area contributed by atoms with Gasteiger partial charge in [0.05, 0.1) is 12.2 Å². The second-order valence-electron chi connectivity index (χ2n) is 6.91. The van der Waals surface area contributed by atoms with E-state index in [1.54, 1.807) is 0 Å². The van der Waals surface area contributed by atoms with Gasteiger partial charge in [-0.15, -0.1) is 0 Å². The van der Waals surface area contributed by atoms with Crippen LogP contribution in [0.4, 0.5) is 5.69 Å². The molecule has 0 saturated carbocycles. The first-order valence-electron chi connectivity index (χ1n) is 9.64. The summed E-state index contributed by atoms with van der Waals surface area (Å²) in [6.07, 6.45) is 0.713. The van der Waals surface area contributed by atoms with E-state index in [9.17, 15) is 9.59 Å². The lowest BCUT2D eigenvalue weighted by molar-refractivity contribution is -0.136. The van der Waals surface area contributed by atoms with Crippen molar-refractivity contribution in [2.75, 3.05) is 18.5 Å². The van der Waals surface area contributed by atoms with Crippen LogP contribution < -0.4 is 10.1 Å². The van der Waals surface area contributed by atoms with Gasteiger partial charge in [0.2, 0.25) is 0 Å². The van der Waals surface area contributed by atoms with Gasteiger partial charge in [0.25, 0.3) is 11.8 Å². The number of carbonyl (C=O) groups excluding carboxylic acids is 2. The smallest absolute Gasteiger partial charge is 0.278 e. The van der Waals surface area contributed by atoms with E-state index in [2.05, 4.69) is 5.32 Å². The van der Waals surface area contributed by atoms with E-state index in [0.29, 0.717) is 36.4 Å².